The van der Waals surface area contributed by atoms with Gasteiger partial charge in [0.1, 0.15) is 5.75 Å². The molecule has 0 aliphatic carbocycles. The van der Waals surface area contributed by atoms with Crippen LogP contribution in [0.3, 0.4) is 0 Å². The van der Waals surface area contributed by atoms with E-state index < -0.39 is 12.1 Å². The molecule has 80 valence electrons. The van der Waals surface area contributed by atoms with Crippen LogP contribution >= 0.6 is 23.2 Å². The summed E-state index contributed by atoms with van der Waals surface area (Å²) in [6.45, 7) is 0.209. The highest BCUT2D eigenvalue weighted by Gasteiger charge is 2.25. The van der Waals surface area contributed by atoms with Gasteiger partial charge in [-0.05, 0) is 6.07 Å². The lowest BCUT2D eigenvalue weighted by Crippen LogP contribution is -2.37. The van der Waals surface area contributed by atoms with Crippen LogP contribution in [-0.2, 0) is 4.79 Å². The fourth-order valence-corrected chi connectivity index (χ4v) is 1.62. The number of carboxylic acids is 1. The molecule has 1 aromatic carbocycles. The number of aliphatic carboxylic acids is 1. The molecule has 1 aromatic rings. The van der Waals surface area contributed by atoms with E-state index in [1.807, 2.05) is 0 Å². The SMILES string of the molecule is O=C(O)C1CNc2cc(Cl)c(Cl)cc2O1. The molecular weight excluding hydrogens is 241 g/mol. The molecule has 1 aliphatic heterocycles. The molecule has 0 radical (unpaired) electrons. The van der Waals surface area contributed by atoms with Crippen molar-refractivity contribution in [3.63, 3.8) is 0 Å². The van der Waals surface area contributed by atoms with Gasteiger partial charge in [-0.25, -0.2) is 4.79 Å². The van der Waals surface area contributed by atoms with Gasteiger partial charge in [-0.1, -0.05) is 23.2 Å². The first-order valence-electron chi connectivity index (χ1n) is 4.20. The molecule has 1 heterocycles. The van der Waals surface area contributed by atoms with Crippen molar-refractivity contribution in [2.24, 2.45) is 0 Å². The Bertz CT molecular complexity index is 422. The number of benzene rings is 1. The van der Waals surface area contributed by atoms with Crippen molar-refractivity contribution >= 4 is 34.9 Å². The largest absolute Gasteiger partial charge is 0.478 e. The molecule has 4 nitrogen and oxygen atoms in total. The van der Waals surface area contributed by atoms with Gasteiger partial charge in [-0.15, -0.1) is 0 Å². The normalized spacial score (nSPS) is 18.7. The Morgan fingerprint density at radius 3 is 2.80 bits per heavy atom. The number of fused-ring (bicyclic) bond motifs is 1. The van der Waals surface area contributed by atoms with Crippen molar-refractivity contribution in [2.75, 3.05) is 11.9 Å². The van der Waals surface area contributed by atoms with Gasteiger partial charge in [0.2, 0.25) is 6.10 Å². The van der Waals surface area contributed by atoms with Crippen LogP contribution in [0.25, 0.3) is 0 Å². The molecule has 2 rings (SSSR count). The van der Waals surface area contributed by atoms with E-state index in [2.05, 4.69) is 5.32 Å². The summed E-state index contributed by atoms with van der Waals surface area (Å²) in [7, 11) is 0. The standard InChI is InChI=1S/C9H7Cl2NO3/c10-4-1-6-7(2-5(4)11)15-8(3-12-6)9(13)14/h1-2,8,12H,3H2,(H,13,14). The number of hydrogen-bond donors (Lipinski definition) is 2. The summed E-state index contributed by atoms with van der Waals surface area (Å²) < 4.78 is 5.22. The Morgan fingerprint density at radius 1 is 1.47 bits per heavy atom. The molecule has 1 unspecified atom stereocenters. The number of carbonyl (C=O) groups is 1. The minimum Gasteiger partial charge on any atom is -0.478 e. The van der Waals surface area contributed by atoms with Gasteiger partial charge in [0.05, 0.1) is 22.3 Å². The predicted octanol–water partition coefficient (Wildman–Crippen LogP) is 2.25. The Hall–Kier alpha value is -1.13. The van der Waals surface area contributed by atoms with Crippen molar-refractivity contribution in [1.82, 2.24) is 0 Å². The second kappa shape index (κ2) is 3.79. The van der Waals surface area contributed by atoms with Crippen LogP contribution in [0.2, 0.25) is 10.0 Å². The van der Waals surface area contributed by atoms with Crippen LogP contribution in [0.4, 0.5) is 5.69 Å². The lowest BCUT2D eigenvalue weighted by atomic mass is 10.2. The van der Waals surface area contributed by atoms with Gasteiger partial charge in [0.25, 0.3) is 0 Å². The zero-order valence-electron chi connectivity index (χ0n) is 7.46. The number of ether oxygens (including phenoxy) is 1. The molecule has 0 bridgehead atoms. The lowest BCUT2D eigenvalue weighted by molar-refractivity contribution is -0.144. The summed E-state index contributed by atoms with van der Waals surface area (Å²) in [5.41, 5.74) is 0.655. The molecule has 0 aromatic heterocycles. The Labute approximate surface area is 95.7 Å². The summed E-state index contributed by atoms with van der Waals surface area (Å²) >= 11 is 11.6. The quantitative estimate of drug-likeness (QED) is 0.800. The maximum atomic E-state index is 10.7. The van der Waals surface area contributed by atoms with Gasteiger partial charge in [-0.3, -0.25) is 0 Å². The van der Waals surface area contributed by atoms with Gasteiger partial charge in [0.15, 0.2) is 0 Å². The van der Waals surface area contributed by atoms with E-state index in [1.165, 1.54) is 6.07 Å². The van der Waals surface area contributed by atoms with Gasteiger partial charge < -0.3 is 15.2 Å². The minimum absolute atomic E-state index is 0.209. The van der Waals surface area contributed by atoms with Crippen molar-refractivity contribution in [3.8, 4) is 5.75 Å². The molecule has 0 fully saturated rings. The topological polar surface area (TPSA) is 58.6 Å². The fraction of sp³-hybridized carbons (Fsp3) is 0.222. The summed E-state index contributed by atoms with van der Waals surface area (Å²) in [4.78, 5) is 10.7. The average molecular weight is 248 g/mol. The number of nitrogens with one attached hydrogen (secondary N) is 1. The molecule has 0 amide bonds. The highest BCUT2D eigenvalue weighted by atomic mass is 35.5. The molecule has 1 aliphatic rings. The molecule has 1 atom stereocenters. The van der Waals surface area contributed by atoms with E-state index in [-0.39, 0.29) is 6.54 Å². The maximum Gasteiger partial charge on any atom is 0.346 e. The molecular formula is C9H7Cl2NO3. The number of carboxylic acid groups (broad SMARTS) is 1. The zero-order valence-corrected chi connectivity index (χ0v) is 8.97. The predicted molar refractivity (Wildman–Crippen MR) is 57.0 cm³/mol. The minimum atomic E-state index is -1.01. The third kappa shape index (κ3) is 1.96. The van der Waals surface area contributed by atoms with E-state index in [1.54, 1.807) is 6.07 Å². The number of anilines is 1. The smallest absolute Gasteiger partial charge is 0.346 e. The molecule has 0 saturated heterocycles. The number of halogens is 2. The molecule has 6 heteroatoms. The number of hydrogen-bond acceptors (Lipinski definition) is 3. The van der Waals surface area contributed by atoms with Crippen LogP contribution in [0.1, 0.15) is 0 Å². The first-order chi connectivity index (χ1) is 7.08. The second-order valence-electron chi connectivity index (χ2n) is 3.09. The molecule has 0 saturated carbocycles. The highest BCUT2D eigenvalue weighted by Crippen LogP contribution is 2.36. The third-order valence-electron chi connectivity index (χ3n) is 2.05. The average Bonchev–Trinajstić information content (AvgIpc) is 2.19. The molecule has 0 spiro atoms. The Morgan fingerprint density at radius 2 is 2.13 bits per heavy atom. The van der Waals surface area contributed by atoms with Crippen molar-refractivity contribution in [3.05, 3.63) is 22.2 Å². The zero-order chi connectivity index (χ0) is 11.0. The van der Waals surface area contributed by atoms with E-state index in [4.69, 9.17) is 33.0 Å². The summed E-state index contributed by atoms with van der Waals surface area (Å²) in [6.07, 6.45) is -0.894. The highest BCUT2D eigenvalue weighted by molar-refractivity contribution is 6.42. The number of rotatable bonds is 1. The van der Waals surface area contributed by atoms with Crippen molar-refractivity contribution in [1.29, 1.82) is 0 Å². The van der Waals surface area contributed by atoms with Gasteiger partial charge in [0, 0.05) is 6.07 Å². The second-order valence-corrected chi connectivity index (χ2v) is 3.90. The van der Waals surface area contributed by atoms with Crippen LogP contribution in [-0.4, -0.2) is 23.7 Å². The monoisotopic (exact) mass is 247 g/mol. The van der Waals surface area contributed by atoms with Gasteiger partial charge in [-0.2, -0.15) is 0 Å². The van der Waals surface area contributed by atoms with E-state index >= 15 is 0 Å². The summed E-state index contributed by atoms with van der Waals surface area (Å²) in [5, 5.41) is 12.4. The van der Waals surface area contributed by atoms with Crippen LogP contribution in [0, 0.1) is 0 Å². The third-order valence-corrected chi connectivity index (χ3v) is 2.77. The van der Waals surface area contributed by atoms with E-state index in [9.17, 15) is 4.79 Å². The first-order valence-corrected chi connectivity index (χ1v) is 4.96. The molecule has 2 N–H and O–H groups in total. The van der Waals surface area contributed by atoms with E-state index in [0.717, 1.165) is 0 Å². The van der Waals surface area contributed by atoms with Crippen molar-refractivity contribution < 1.29 is 14.6 Å². The Kier molecular flexibility index (Phi) is 2.63. The van der Waals surface area contributed by atoms with Crippen LogP contribution < -0.4 is 10.1 Å². The van der Waals surface area contributed by atoms with Gasteiger partial charge >= 0.3 is 5.97 Å². The maximum absolute atomic E-state index is 10.7. The first kappa shape index (κ1) is 10.4. The van der Waals surface area contributed by atoms with Crippen molar-refractivity contribution in [2.45, 2.75) is 6.10 Å². The molecule has 15 heavy (non-hydrogen) atoms. The summed E-state index contributed by atoms with van der Waals surface area (Å²) in [5.74, 6) is -0.609. The lowest BCUT2D eigenvalue weighted by Gasteiger charge is -2.24. The van der Waals surface area contributed by atoms with E-state index in [0.29, 0.717) is 21.5 Å². The van der Waals surface area contributed by atoms with Crippen LogP contribution in [0.15, 0.2) is 12.1 Å². The summed E-state index contributed by atoms with van der Waals surface area (Å²) in [6, 6.07) is 3.11. The van der Waals surface area contributed by atoms with Crippen LogP contribution in [0.5, 0.6) is 5.75 Å². The Balaban J connectivity index is 2.34. The fourth-order valence-electron chi connectivity index (χ4n) is 1.30.